The second-order valence-corrected chi connectivity index (χ2v) is 6.28. The van der Waals surface area contributed by atoms with E-state index in [9.17, 15) is 0 Å². The highest BCUT2D eigenvalue weighted by Gasteiger charge is 2.13. The van der Waals surface area contributed by atoms with Gasteiger partial charge in [-0.2, -0.15) is 4.68 Å². The zero-order valence-electron chi connectivity index (χ0n) is 12.2. The van der Waals surface area contributed by atoms with E-state index in [0.717, 1.165) is 29.6 Å². The maximum atomic E-state index is 4.08. The van der Waals surface area contributed by atoms with E-state index in [2.05, 4.69) is 41.6 Å². The van der Waals surface area contributed by atoms with Crippen molar-refractivity contribution in [3.05, 3.63) is 30.3 Å². The minimum absolute atomic E-state index is 0.186. The van der Waals surface area contributed by atoms with Gasteiger partial charge in [-0.15, -0.1) is 5.10 Å². The van der Waals surface area contributed by atoms with Gasteiger partial charge in [0, 0.05) is 17.8 Å². The maximum Gasteiger partial charge on any atom is 0.214 e. The molecule has 0 saturated heterocycles. The van der Waals surface area contributed by atoms with Gasteiger partial charge in [0.1, 0.15) is 0 Å². The van der Waals surface area contributed by atoms with Crippen molar-refractivity contribution in [1.29, 1.82) is 0 Å². The second-order valence-electron chi connectivity index (χ2n) is 5.22. The first kappa shape index (κ1) is 15.0. The van der Waals surface area contributed by atoms with Gasteiger partial charge in [0.15, 0.2) is 0 Å². The van der Waals surface area contributed by atoms with Crippen LogP contribution in [0.3, 0.4) is 0 Å². The number of thioether (sulfide) groups is 1. The van der Waals surface area contributed by atoms with E-state index in [1.807, 2.05) is 30.3 Å². The van der Waals surface area contributed by atoms with Gasteiger partial charge in [-0.25, -0.2) is 0 Å². The molecule has 0 bridgehead atoms. The number of tetrazole rings is 1. The molecule has 2 rings (SSSR count). The summed E-state index contributed by atoms with van der Waals surface area (Å²) in [6, 6.07) is 9.95. The SMILES string of the molecule is CCC(C)(C)NCCSc1nnnn1-c1ccccc1. The maximum absolute atomic E-state index is 4.08. The molecule has 0 fully saturated rings. The van der Waals surface area contributed by atoms with Crippen molar-refractivity contribution in [2.24, 2.45) is 0 Å². The number of hydrogen-bond donors (Lipinski definition) is 1. The largest absolute Gasteiger partial charge is 0.311 e. The molecule has 20 heavy (non-hydrogen) atoms. The van der Waals surface area contributed by atoms with E-state index < -0.39 is 0 Å². The number of para-hydroxylation sites is 1. The lowest BCUT2D eigenvalue weighted by Crippen LogP contribution is -2.39. The summed E-state index contributed by atoms with van der Waals surface area (Å²) in [6.07, 6.45) is 1.11. The van der Waals surface area contributed by atoms with Crippen LogP contribution < -0.4 is 5.32 Å². The molecule has 0 aliphatic rings. The molecule has 5 nitrogen and oxygen atoms in total. The molecular weight excluding hydrogens is 270 g/mol. The van der Waals surface area contributed by atoms with Crippen LogP contribution in [0.25, 0.3) is 5.69 Å². The monoisotopic (exact) mass is 291 g/mol. The minimum atomic E-state index is 0.186. The second kappa shape index (κ2) is 6.85. The molecule has 0 unspecified atom stereocenters. The molecule has 0 atom stereocenters. The van der Waals surface area contributed by atoms with Crippen LogP contribution in [-0.2, 0) is 0 Å². The molecule has 1 heterocycles. The lowest BCUT2D eigenvalue weighted by Gasteiger charge is -2.24. The standard InChI is InChI=1S/C14H21N5S/c1-4-14(2,3)15-10-11-20-13-16-17-18-19(13)12-8-6-5-7-9-12/h5-9,15H,4,10-11H2,1-3H3. The molecule has 0 spiro atoms. The Morgan fingerprint density at radius 3 is 2.70 bits per heavy atom. The fourth-order valence-corrected chi connectivity index (χ4v) is 2.40. The summed E-state index contributed by atoms with van der Waals surface area (Å²) >= 11 is 1.66. The average molecular weight is 291 g/mol. The van der Waals surface area contributed by atoms with Crippen LogP contribution in [0, 0.1) is 0 Å². The van der Waals surface area contributed by atoms with E-state index >= 15 is 0 Å². The van der Waals surface area contributed by atoms with Gasteiger partial charge in [-0.3, -0.25) is 0 Å². The lowest BCUT2D eigenvalue weighted by atomic mass is 10.0. The van der Waals surface area contributed by atoms with Crippen LogP contribution in [0.5, 0.6) is 0 Å². The first-order valence-corrected chi connectivity index (χ1v) is 7.82. The third-order valence-corrected chi connectivity index (χ3v) is 4.18. The Morgan fingerprint density at radius 2 is 2.00 bits per heavy atom. The molecule has 0 radical (unpaired) electrons. The summed E-state index contributed by atoms with van der Waals surface area (Å²) in [7, 11) is 0. The zero-order chi connectivity index (χ0) is 14.4. The summed E-state index contributed by atoms with van der Waals surface area (Å²) in [5.41, 5.74) is 1.17. The predicted molar refractivity (Wildman–Crippen MR) is 82.3 cm³/mol. The summed E-state index contributed by atoms with van der Waals surface area (Å²) < 4.78 is 1.77. The molecule has 1 N–H and O–H groups in total. The van der Waals surface area contributed by atoms with Crippen LogP contribution in [0.15, 0.2) is 35.5 Å². The number of aromatic nitrogens is 4. The summed E-state index contributed by atoms with van der Waals surface area (Å²) in [5.74, 6) is 0.941. The van der Waals surface area contributed by atoms with Crippen molar-refractivity contribution in [2.45, 2.75) is 37.9 Å². The van der Waals surface area contributed by atoms with Crippen LogP contribution in [0.2, 0.25) is 0 Å². The highest BCUT2D eigenvalue weighted by Crippen LogP contribution is 2.17. The molecule has 108 valence electrons. The van der Waals surface area contributed by atoms with Gasteiger partial charge in [0.2, 0.25) is 5.16 Å². The quantitative estimate of drug-likeness (QED) is 0.627. The number of benzene rings is 1. The van der Waals surface area contributed by atoms with Gasteiger partial charge >= 0.3 is 0 Å². The highest BCUT2D eigenvalue weighted by atomic mass is 32.2. The highest BCUT2D eigenvalue weighted by molar-refractivity contribution is 7.99. The van der Waals surface area contributed by atoms with E-state index in [-0.39, 0.29) is 5.54 Å². The van der Waals surface area contributed by atoms with Crippen molar-refractivity contribution in [3.8, 4) is 5.69 Å². The molecule has 2 aromatic rings. The predicted octanol–water partition coefficient (Wildman–Crippen LogP) is 2.53. The topological polar surface area (TPSA) is 55.6 Å². The molecule has 1 aromatic carbocycles. The van der Waals surface area contributed by atoms with Crippen molar-refractivity contribution < 1.29 is 0 Å². The fourth-order valence-electron chi connectivity index (χ4n) is 1.66. The molecule has 6 heteroatoms. The van der Waals surface area contributed by atoms with Crippen molar-refractivity contribution in [2.75, 3.05) is 12.3 Å². The molecule has 1 aromatic heterocycles. The van der Waals surface area contributed by atoms with Gasteiger partial charge < -0.3 is 5.32 Å². The van der Waals surface area contributed by atoms with Crippen LogP contribution in [0.4, 0.5) is 0 Å². The lowest BCUT2D eigenvalue weighted by molar-refractivity contribution is 0.388. The smallest absolute Gasteiger partial charge is 0.214 e. The number of nitrogens with zero attached hydrogens (tertiary/aromatic N) is 4. The van der Waals surface area contributed by atoms with E-state index in [1.165, 1.54) is 0 Å². The fraction of sp³-hybridized carbons (Fsp3) is 0.500. The Morgan fingerprint density at radius 1 is 1.25 bits per heavy atom. The molecule has 0 aliphatic carbocycles. The third kappa shape index (κ3) is 4.05. The first-order chi connectivity index (χ1) is 9.62. The molecule has 0 saturated carbocycles. The Kier molecular flexibility index (Phi) is 5.14. The third-order valence-electron chi connectivity index (χ3n) is 3.26. The summed E-state index contributed by atoms with van der Waals surface area (Å²) in [5, 5.41) is 16.2. The van der Waals surface area contributed by atoms with Crippen LogP contribution in [0.1, 0.15) is 27.2 Å². The van der Waals surface area contributed by atoms with Gasteiger partial charge in [-0.1, -0.05) is 36.9 Å². The van der Waals surface area contributed by atoms with E-state index in [1.54, 1.807) is 16.4 Å². The minimum Gasteiger partial charge on any atom is -0.311 e. The zero-order valence-corrected chi connectivity index (χ0v) is 13.0. The normalized spacial score (nSPS) is 11.8. The van der Waals surface area contributed by atoms with Gasteiger partial charge in [0.25, 0.3) is 0 Å². The van der Waals surface area contributed by atoms with Crippen LogP contribution >= 0.6 is 11.8 Å². The first-order valence-electron chi connectivity index (χ1n) is 6.84. The Labute approximate surface area is 124 Å². The summed E-state index contributed by atoms with van der Waals surface area (Å²) in [6.45, 7) is 7.56. The Balaban J connectivity index is 1.90. The molecule has 0 amide bonds. The van der Waals surface area contributed by atoms with Crippen molar-refractivity contribution in [3.63, 3.8) is 0 Å². The molecular formula is C14H21N5S. The van der Waals surface area contributed by atoms with Crippen molar-refractivity contribution in [1.82, 2.24) is 25.5 Å². The number of rotatable bonds is 7. The molecule has 0 aliphatic heterocycles. The number of nitrogens with one attached hydrogen (secondary N) is 1. The van der Waals surface area contributed by atoms with Crippen molar-refractivity contribution >= 4 is 11.8 Å². The Bertz CT molecular complexity index is 523. The van der Waals surface area contributed by atoms with Gasteiger partial charge in [0.05, 0.1) is 5.69 Å². The van der Waals surface area contributed by atoms with Gasteiger partial charge in [-0.05, 0) is 42.8 Å². The van der Waals surface area contributed by atoms with E-state index in [0.29, 0.717) is 0 Å². The van der Waals surface area contributed by atoms with Crippen LogP contribution in [-0.4, -0.2) is 38.0 Å². The summed E-state index contributed by atoms with van der Waals surface area (Å²) in [4.78, 5) is 0. The Hall–Kier alpha value is -1.40. The number of hydrogen-bond acceptors (Lipinski definition) is 5. The average Bonchev–Trinajstić information content (AvgIpc) is 2.93. The van der Waals surface area contributed by atoms with E-state index in [4.69, 9.17) is 0 Å².